The quantitative estimate of drug-likeness (QED) is 0.435. The second-order valence-corrected chi connectivity index (χ2v) is 8.46. The molecule has 3 rings (SSSR count). The van der Waals surface area contributed by atoms with E-state index in [9.17, 15) is 13.2 Å². The number of carbonyl (C=O) groups excluding carboxylic acids is 1. The smallest absolute Gasteiger partial charge is 0.326 e. The highest BCUT2D eigenvalue weighted by Gasteiger charge is 2.12. The van der Waals surface area contributed by atoms with E-state index in [1.807, 2.05) is 0 Å². The van der Waals surface area contributed by atoms with Crippen molar-refractivity contribution >= 4 is 56.9 Å². The highest BCUT2D eigenvalue weighted by molar-refractivity contribution is 7.89. The summed E-state index contributed by atoms with van der Waals surface area (Å²) in [5.74, 6) is 0.543. The molecule has 0 fully saturated rings. The van der Waals surface area contributed by atoms with Crippen LogP contribution in [-0.4, -0.2) is 43.5 Å². The van der Waals surface area contributed by atoms with Crippen LogP contribution < -0.4 is 26.0 Å². The van der Waals surface area contributed by atoms with E-state index in [4.69, 9.17) is 16.7 Å². The first kappa shape index (κ1) is 22.2. The monoisotopic (exact) mass is 462 g/mol. The average Bonchev–Trinajstić information content (AvgIpc) is 2.69. The maximum Gasteiger partial charge on any atom is 0.326 e. The summed E-state index contributed by atoms with van der Waals surface area (Å²) >= 11 is 5.90. The summed E-state index contributed by atoms with van der Waals surface area (Å²) in [6.07, 6.45) is 0. The molecule has 13 heteroatoms. The van der Waals surface area contributed by atoms with E-state index in [1.54, 1.807) is 43.3 Å². The molecule has 0 aliphatic heterocycles. The third-order valence-electron chi connectivity index (χ3n) is 3.79. The summed E-state index contributed by atoms with van der Waals surface area (Å²) in [4.78, 5) is 26.6. The topological polar surface area (TPSA) is 155 Å². The van der Waals surface area contributed by atoms with Crippen molar-refractivity contribution in [2.45, 2.75) is 4.90 Å². The molecule has 0 radical (unpaired) electrons. The van der Waals surface area contributed by atoms with Crippen LogP contribution in [0, 0.1) is 0 Å². The van der Waals surface area contributed by atoms with Gasteiger partial charge >= 0.3 is 6.03 Å². The Morgan fingerprint density at radius 3 is 2.06 bits per heavy atom. The molecule has 3 aromatic rings. The molecular formula is C18H19ClN8O3S. The van der Waals surface area contributed by atoms with Crippen LogP contribution in [0.1, 0.15) is 0 Å². The maximum atomic E-state index is 12.3. The number of nitrogens with zero attached hydrogens (tertiary/aromatic N) is 4. The SMILES string of the molecule is CN(C)c1nc(NC(=O)Nc2ccc(S(N)(=O)=O)cc2)nc(Nc2ccc(Cl)cc2)n1. The Kier molecular flexibility index (Phi) is 6.53. The number of primary sulfonamides is 1. The summed E-state index contributed by atoms with van der Waals surface area (Å²) in [7, 11) is -0.320. The van der Waals surface area contributed by atoms with Crippen LogP contribution in [0.3, 0.4) is 0 Å². The molecule has 2 aromatic carbocycles. The summed E-state index contributed by atoms with van der Waals surface area (Å²) in [6, 6.07) is 11.7. The molecule has 0 spiro atoms. The zero-order valence-electron chi connectivity index (χ0n) is 16.5. The molecule has 0 unspecified atom stereocenters. The van der Waals surface area contributed by atoms with Crippen molar-refractivity contribution in [1.82, 2.24) is 15.0 Å². The summed E-state index contributed by atoms with van der Waals surface area (Å²) in [5.41, 5.74) is 1.05. The lowest BCUT2D eigenvalue weighted by Gasteiger charge is -2.14. The van der Waals surface area contributed by atoms with Gasteiger partial charge in [-0.3, -0.25) is 5.32 Å². The third kappa shape index (κ3) is 6.25. The fourth-order valence-corrected chi connectivity index (χ4v) is 2.97. The standard InChI is InChI=1S/C18H19ClN8O3S/c1-27(2)17-24-15(21-12-5-3-11(19)4-6-12)23-16(25-17)26-18(28)22-13-7-9-14(10-8-13)31(20,29)30/h3-10H,1-2H3,(H2,20,29,30)(H3,21,22,23,24,25,26,28). The number of aromatic nitrogens is 3. The second-order valence-electron chi connectivity index (χ2n) is 6.46. The molecule has 2 amide bonds. The van der Waals surface area contributed by atoms with Crippen LogP contribution in [0.5, 0.6) is 0 Å². The van der Waals surface area contributed by atoms with Crippen LogP contribution >= 0.6 is 11.6 Å². The molecule has 0 aliphatic carbocycles. The zero-order valence-corrected chi connectivity index (χ0v) is 18.1. The molecule has 31 heavy (non-hydrogen) atoms. The van der Waals surface area contributed by atoms with Gasteiger partial charge in [0.2, 0.25) is 27.9 Å². The predicted octanol–water partition coefficient (Wildman–Crippen LogP) is 2.63. The van der Waals surface area contributed by atoms with Gasteiger partial charge in [-0.25, -0.2) is 18.4 Å². The van der Waals surface area contributed by atoms with Gasteiger partial charge in [0.15, 0.2) is 0 Å². The van der Waals surface area contributed by atoms with Gasteiger partial charge in [0.05, 0.1) is 4.90 Å². The van der Waals surface area contributed by atoms with Crippen molar-refractivity contribution in [3.8, 4) is 0 Å². The Labute approximate surface area is 183 Å². The minimum absolute atomic E-state index is 0.00817. The normalized spacial score (nSPS) is 11.0. The molecule has 0 bridgehead atoms. The van der Waals surface area contributed by atoms with E-state index >= 15 is 0 Å². The predicted molar refractivity (Wildman–Crippen MR) is 119 cm³/mol. The Bertz CT molecular complexity index is 1190. The molecule has 0 saturated carbocycles. The van der Waals surface area contributed by atoms with Gasteiger partial charge in [-0.05, 0) is 48.5 Å². The Hall–Kier alpha value is -3.48. The van der Waals surface area contributed by atoms with Gasteiger partial charge in [-0.2, -0.15) is 15.0 Å². The number of hydrogen-bond acceptors (Lipinski definition) is 8. The van der Waals surface area contributed by atoms with Crippen LogP contribution in [-0.2, 0) is 10.0 Å². The van der Waals surface area contributed by atoms with Gasteiger partial charge in [0.25, 0.3) is 0 Å². The number of amides is 2. The van der Waals surface area contributed by atoms with Crippen LogP contribution in [0.4, 0.5) is 34.0 Å². The average molecular weight is 463 g/mol. The van der Waals surface area contributed by atoms with E-state index in [0.717, 1.165) is 0 Å². The number of halogens is 1. The first-order chi connectivity index (χ1) is 14.6. The number of carbonyl (C=O) groups is 1. The van der Waals surface area contributed by atoms with Crippen molar-refractivity contribution in [2.75, 3.05) is 34.9 Å². The number of benzene rings is 2. The number of hydrogen-bond donors (Lipinski definition) is 4. The number of nitrogens with two attached hydrogens (primary N) is 1. The van der Waals surface area contributed by atoms with Gasteiger partial charge in [0, 0.05) is 30.5 Å². The molecule has 0 atom stereocenters. The molecule has 1 aromatic heterocycles. The first-order valence-corrected chi connectivity index (χ1v) is 10.7. The molecule has 11 nitrogen and oxygen atoms in total. The number of sulfonamides is 1. The fourth-order valence-electron chi connectivity index (χ4n) is 2.33. The van der Waals surface area contributed by atoms with Crippen molar-refractivity contribution < 1.29 is 13.2 Å². The van der Waals surface area contributed by atoms with E-state index < -0.39 is 16.1 Å². The highest BCUT2D eigenvalue weighted by atomic mass is 35.5. The molecule has 1 heterocycles. The lowest BCUT2D eigenvalue weighted by Crippen LogP contribution is -2.23. The number of rotatable bonds is 6. The Balaban J connectivity index is 1.75. The molecular weight excluding hydrogens is 444 g/mol. The van der Waals surface area contributed by atoms with E-state index in [2.05, 4.69) is 30.9 Å². The van der Waals surface area contributed by atoms with Gasteiger partial charge in [-0.15, -0.1) is 0 Å². The summed E-state index contributed by atoms with van der Waals surface area (Å²) < 4.78 is 22.6. The van der Waals surface area contributed by atoms with E-state index in [0.29, 0.717) is 22.3 Å². The minimum atomic E-state index is -3.82. The lowest BCUT2D eigenvalue weighted by atomic mass is 10.3. The number of urea groups is 1. The van der Waals surface area contributed by atoms with E-state index in [-0.39, 0.29) is 16.8 Å². The van der Waals surface area contributed by atoms with Crippen molar-refractivity contribution in [2.24, 2.45) is 5.14 Å². The summed E-state index contributed by atoms with van der Waals surface area (Å²) in [5, 5.41) is 13.8. The van der Waals surface area contributed by atoms with Crippen molar-refractivity contribution in [3.05, 3.63) is 53.6 Å². The molecule has 0 saturated heterocycles. The largest absolute Gasteiger partial charge is 0.347 e. The first-order valence-electron chi connectivity index (χ1n) is 8.77. The Morgan fingerprint density at radius 1 is 0.903 bits per heavy atom. The van der Waals surface area contributed by atoms with Crippen molar-refractivity contribution in [1.29, 1.82) is 0 Å². The molecule has 162 valence electrons. The van der Waals surface area contributed by atoms with Crippen LogP contribution in [0.2, 0.25) is 5.02 Å². The zero-order chi connectivity index (χ0) is 22.6. The second kappa shape index (κ2) is 9.12. The fraction of sp³-hybridized carbons (Fsp3) is 0.111. The van der Waals surface area contributed by atoms with Gasteiger partial charge in [-0.1, -0.05) is 11.6 Å². The number of nitrogens with one attached hydrogen (secondary N) is 3. The highest BCUT2D eigenvalue weighted by Crippen LogP contribution is 2.19. The Morgan fingerprint density at radius 2 is 1.48 bits per heavy atom. The van der Waals surface area contributed by atoms with Crippen LogP contribution in [0.15, 0.2) is 53.4 Å². The minimum Gasteiger partial charge on any atom is -0.347 e. The van der Waals surface area contributed by atoms with E-state index in [1.165, 1.54) is 24.3 Å². The number of anilines is 5. The molecule has 5 N–H and O–H groups in total. The third-order valence-corrected chi connectivity index (χ3v) is 4.97. The maximum absolute atomic E-state index is 12.3. The van der Waals surface area contributed by atoms with Gasteiger partial charge < -0.3 is 15.5 Å². The molecule has 0 aliphatic rings. The lowest BCUT2D eigenvalue weighted by molar-refractivity contribution is 0.262. The van der Waals surface area contributed by atoms with Gasteiger partial charge in [0.1, 0.15) is 0 Å². The summed E-state index contributed by atoms with van der Waals surface area (Å²) in [6.45, 7) is 0. The van der Waals surface area contributed by atoms with Crippen LogP contribution in [0.25, 0.3) is 0 Å². The van der Waals surface area contributed by atoms with Crippen molar-refractivity contribution in [3.63, 3.8) is 0 Å².